The first-order valence-electron chi connectivity index (χ1n) is 12.9. The molecule has 4 rings (SSSR count). The molecule has 2 heterocycles. The summed E-state index contributed by atoms with van der Waals surface area (Å²) in [6.07, 6.45) is 1.21. The second kappa shape index (κ2) is 12.6. The maximum atomic E-state index is 13.9. The molecule has 0 spiro atoms. The van der Waals surface area contributed by atoms with E-state index in [0.717, 1.165) is 12.0 Å². The maximum absolute atomic E-state index is 13.9. The van der Waals surface area contributed by atoms with Gasteiger partial charge < -0.3 is 14.5 Å². The first-order valence-corrected chi connectivity index (χ1v) is 13.7. The molecule has 0 aliphatic carbocycles. The Morgan fingerprint density at radius 2 is 1.72 bits per heavy atom. The van der Waals surface area contributed by atoms with Crippen LogP contribution in [0.1, 0.15) is 64.1 Å². The predicted molar refractivity (Wildman–Crippen MR) is 150 cm³/mol. The molecule has 0 bridgehead atoms. The van der Waals surface area contributed by atoms with Gasteiger partial charge in [-0.2, -0.15) is 0 Å². The fraction of sp³-hybridized carbons (Fsp3) is 0.345. The van der Waals surface area contributed by atoms with E-state index in [0.29, 0.717) is 40.1 Å². The van der Waals surface area contributed by atoms with Gasteiger partial charge in [-0.3, -0.25) is 9.59 Å². The number of esters is 1. The number of ether oxygens (including phenoxy) is 1. The number of nitrogens with zero attached hydrogens (tertiary/aromatic N) is 4. The van der Waals surface area contributed by atoms with Crippen LogP contribution in [0.25, 0.3) is 11.4 Å². The van der Waals surface area contributed by atoms with Crippen molar-refractivity contribution in [3.63, 3.8) is 0 Å². The van der Waals surface area contributed by atoms with Crippen LogP contribution in [0.3, 0.4) is 0 Å². The Hall–Kier alpha value is -3.49. The fourth-order valence-electron chi connectivity index (χ4n) is 4.60. The summed E-state index contributed by atoms with van der Waals surface area (Å²) in [6.45, 7) is 6.56. The molecule has 204 valence electrons. The van der Waals surface area contributed by atoms with E-state index in [1.165, 1.54) is 0 Å². The van der Waals surface area contributed by atoms with Crippen molar-refractivity contribution in [2.24, 2.45) is 0 Å². The first-order chi connectivity index (χ1) is 18.7. The van der Waals surface area contributed by atoms with E-state index < -0.39 is 11.9 Å². The van der Waals surface area contributed by atoms with Gasteiger partial charge in [-0.05, 0) is 38.5 Å². The number of carbonyl (C=O) groups excluding carboxylic acids is 3. The van der Waals surface area contributed by atoms with Crippen molar-refractivity contribution in [2.45, 2.75) is 39.7 Å². The van der Waals surface area contributed by atoms with E-state index in [2.05, 4.69) is 9.97 Å². The van der Waals surface area contributed by atoms with Gasteiger partial charge in [-0.15, -0.1) is 0 Å². The highest BCUT2D eigenvalue weighted by Gasteiger charge is 2.34. The Labute approximate surface area is 237 Å². The van der Waals surface area contributed by atoms with E-state index in [1.54, 1.807) is 34.9 Å². The van der Waals surface area contributed by atoms with Gasteiger partial charge in [0.2, 0.25) is 0 Å². The third-order valence-electron chi connectivity index (χ3n) is 6.53. The monoisotopic (exact) mass is 568 g/mol. The lowest BCUT2D eigenvalue weighted by molar-refractivity contribution is 0.0406. The summed E-state index contributed by atoms with van der Waals surface area (Å²) >= 11 is 12.1. The third kappa shape index (κ3) is 6.23. The molecule has 8 nitrogen and oxygen atoms in total. The number of halogens is 2. The summed E-state index contributed by atoms with van der Waals surface area (Å²) in [4.78, 5) is 52.8. The average molecular weight is 569 g/mol. The molecule has 1 atom stereocenters. The molecule has 2 aromatic carbocycles. The zero-order valence-electron chi connectivity index (χ0n) is 22.1. The minimum Gasteiger partial charge on any atom is -0.462 e. The summed E-state index contributed by atoms with van der Waals surface area (Å²) in [6, 6.07) is 13.8. The second-order valence-electron chi connectivity index (χ2n) is 9.28. The van der Waals surface area contributed by atoms with Crippen LogP contribution in [-0.4, -0.2) is 69.8 Å². The van der Waals surface area contributed by atoms with Gasteiger partial charge >= 0.3 is 5.97 Å². The molecule has 1 aliphatic rings. The van der Waals surface area contributed by atoms with E-state index in [1.807, 2.05) is 44.2 Å². The third-order valence-corrected chi connectivity index (χ3v) is 7.27. The fourth-order valence-corrected chi connectivity index (χ4v) is 4.90. The lowest BCUT2D eigenvalue weighted by atomic mass is 10.0. The first kappa shape index (κ1) is 28.5. The average Bonchev–Trinajstić information content (AvgIpc) is 2.94. The van der Waals surface area contributed by atoms with Crippen molar-refractivity contribution in [1.82, 2.24) is 19.8 Å². The zero-order chi connectivity index (χ0) is 28.1. The molecule has 0 N–H and O–H groups in total. The smallest absolute Gasteiger partial charge is 0.342 e. The van der Waals surface area contributed by atoms with Crippen LogP contribution in [-0.2, 0) is 11.2 Å². The largest absolute Gasteiger partial charge is 0.462 e. The van der Waals surface area contributed by atoms with Gasteiger partial charge in [-0.1, -0.05) is 66.9 Å². The Balaban J connectivity index is 1.66. The number of amides is 2. The highest BCUT2D eigenvalue weighted by atomic mass is 35.5. The molecule has 1 aliphatic heterocycles. The molecule has 1 fully saturated rings. The Kier molecular flexibility index (Phi) is 9.20. The van der Waals surface area contributed by atoms with Crippen molar-refractivity contribution < 1.29 is 19.1 Å². The molecule has 1 unspecified atom stereocenters. The number of benzene rings is 2. The summed E-state index contributed by atoms with van der Waals surface area (Å²) < 4.78 is 5.31. The van der Waals surface area contributed by atoms with Crippen LogP contribution in [0.15, 0.2) is 48.5 Å². The van der Waals surface area contributed by atoms with Crippen LogP contribution in [0.5, 0.6) is 0 Å². The molecular weight excluding hydrogens is 539 g/mol. The van der Waals surface area contributed by atoms with Gasteiger partial charge in [0.05, 0.1) is 22.3 Å². The lowest BCUT2D eigenvalue weighted by Gasteiger charge is -2.40. The topological polar surface area (TPSA) is 92.7 Å². The van der Waals surface area contributed by atoms with Gasteiger partial charge in [-0.25, -0.2) is 14.8 Å². The number of aromatic nitrogens is 2. The van der Waals surface area contributed by atoms with Crippen LogP contribution in [0.2, 0.25) is 10.0 Å². The number of rotatable bonds is 7. The van der Waals surface area contributed by atoms with E-state index >= 15 is 0 Å². The van der Waals surface area contributed by atoms with Gasteiger partial charge in [0, 0.05) is 36.8 Å². The summed E-state index contributed by atoms with van der Waals surface area (Å²) in [5.41, 5.74) is 1.76. The molecule has 1 aromatic heterocycles. The number of carbonyl (C=O) groups is 3. The van der Waals surface area contributed by atoms with Gasteiger partial charge in [0.15, 0.2) is 5.82 Å². The van der Waals surface area contributed by atoms with Crippen molar-refractivity contribution in [3.05, 3.63) is 81.1 Å². The Morgan fingerprint density at radius 3 is 2.36 bits per heavy atom. The van der Waals surface area contributed by atoms with Crippen LogP contribution >= 0.6 is 23.2 Å². The van der Waals surface area contributed by atoms with Crippen molar-refractivity contribution in [1.29, 1.82) is 0 Å². The quantitative estimate of drug-likeness (QED) is 0.346. The Bertz CT molecular complexity index is 1380. The number of hydrogen-bond donors (Lipinski definition) is 0. The van der Waals surface area contributed by atoms with Gasteiger partial charge in [0.25, 0.3) is 11.8 Å². The summed E-state index contributed by atoms with van der Waals surface area (Å²) in [7, 11) is 0. The summed E-state index contributed by atoms with van der Waals surface area (Å²) in [5.74, 6) is -0.843. The minimum absolute atomic E-state index is 0.0159. The standard InChI is InChI=1S/C29H30Cl2N4O4/c1-4-9-23-24(29(38)39-5-2)25(33-26(32-23)19-10-7-6-8-11-19)28(37)34-14-15-35(18(3)17-34)27(36)20-12-13-21(30)22(31)16-20/h6-8,10-13,16,18H,4-5,9,14-15,17H2,1-3H3. The number of aryl methyl sites for hydroxylation is 1. The molecule has 3 aromatic rings. The minimum atomic E-state index is -0.620. The number of piperazine rings is 1. The SMILES string of the molecule is CCCc1nc(-c2ccccc2)nc(C(=O)N2CCN(C(=O)c3ccc(Cl)c(Cl)c3)C(C)C2)c1C(=O)OCC. The molecule has 39 heavy (non-hydrogen) atoms. The van der Waals surface area contributed by atoms with Crippen LogP contribution in [0.4, 0.5) is 0 Å². The second-order valence-corrected chi connectivity index (χ2v) is 10.1. The molecular formula is C29H30Cl2N4O4. The molecule has 10 heteroatoms. The van der Waals surface area contributed by atoms with E-state index in [-0.39, 0.29) is 42.9 Å². The maximum Gasteiger partial charge on any atom is 0.342 e. The van der Waals surface area contributed by atoms with E-state index in [9.17, 15) is 14.4 Å². The van der Waals surface area contributed by atoms with Crippen molar-refractivity contribution in [3.8, 4) is 11.4 Å². The normalized spacial score (nSPS) is 15.3. The van der Waals surface area contributed by atoms with Gasteiger partial charge in [0.1, 0.15) is 11.3 Å². The summed E-state index contributed by atoms with van der Waals surface area (Å²) in [5, 5.41) is 0.674. The van der Waals surface area contributed by atoms with Crippen LogP contribution < -0.4 is 0 Å². The zero-order valence-corrected chi connectivity index (χ0v) is 23.6. The molecule has 0 saturated carbocycles. The predicted octanol–water partition coefficient (Wildman–Crippen LogP) is 5.57. The Morgan fingerprint density at radius 1 is 0.974 bits per heavy atom. The van der Waals surface area contributed by atoms with Crippen molar-refractivity contribution >= 4 is 41.0 Å². The molecule has 2 amide bonds. The van der Waals surface area contributed by atoms with E-state index in [4.69, 9.17) is 27.9 Å². The highest BCUT2D eigenvalue weighted by molar-refractivity contribution is 6.42. The lowest BCUT2D eigenvalue weighted by Crippen LogP contribution is -2.55. The van der Waals surface area contributed by atoms with Crippen LogP contribution in [0, 0.1) is 0 Å². The van der Waals surface area contributed by atoms with Crippen molar-refractivity contribution in [2.75, 3.05) is 26.2 Å². The number of hydrogen-bond acceptors (Lipinski definition) is 6. The molecule has 0 radical (unpaired) electrons. The highest BCUT2D eigenvalue weighted by Crippen LogP contribution is 2.26. The molecule has 1 saturated heterocycles.